The fourth-order valence-electron chi connectivity index (χ4n) is 5.84. The molecule has 3 aromatic rings. The van der Waals surface area contributed by atoms with Gasteiger partial charge >= 0.3 is 0 Å². The lowest BCUT2D eigenvalue weighted by Gasteiger charge is -2.24. The first-order chi connectivity index (χ1) is 20.8. The zero-order valence-electron chi connectivity index (χ0n) is 25.5. The number of alkyl halides is 2. The minimum absolute atomic E-state index is 0.00360. The zero-order chi connectivity index (χ0) is 31.7. The summed E-state index contributed by atoms with van der Waals surface area (Å²) in [5.74, 6) is -1.98. The Bertz CT molecular complexity index is 1670. The summed E-state index contributed by atoms with van der Waals surface area (Å²) in [7, 11) is -4.06. The highest BCUT2D eigenvalue weighted by molar-refractivity contribution is 7.92. The number of hydrogen-bond donors (Lipinski definition) is 1. The van der Waals surface area contributed by atoms with Gasteiger partial charge in [-0.2, -0.15) is 0 Å². The molecule has 9 nitrogen and oxygen atoms in total. The molecule has 2 heterocycles. The second-order valence-electron chi connectivity index (χ2n) is 11.7. The summed E-state index contributed by atoms with van der Waals surface area (Å²) < 4.78 is 68.2. The van der Waals surface area contributed by atoms with E-state index in [1.165, 1.54) is 6.07 Å². The molecule has 1 N–H and O–H groups in total. The number of anilines is 1. The first kappa shape index (κ1) is 31.8. The molecule has 5 rings (SSSR count). The monoisotopic (exact) mass is 628 g/mol. The molecule has 1 aromatic heterocycles. The van der Waals surface area contributed by atoms with E-state index in [4.69, 9.17) is 14.3 Å². The molecule has 236 valence electrons. The van der Waals surface area contributed by atoms with Gasteiger partial charge in [-0.15, -0.1) is 0 Å². The molecule has 1 saturated carbocycles. The molecule has 0 atom stereocenters. The molecule has 1 fully saturated rings. The van der Waals surface area contributed by atoms with Gasteiger partial charge in [0, 0.05) is 30.6 Å². The van der Waals surface area contributed by atoms with E-state index in [2.05, 4.69) is 9.88 Å². The molecule has 1 aliphatic heterocycles. The van der Waals surface area contributed by atoms with Crippen molar-refractivity contribution < 1.29 is 31.3 Å². The number of aliphatic imine (C=N–C) groups is 1. The highest BCUT2D eigenvalue weighted by Crippen LogP contribution is 2.41. The first-order valence-electron chi connectivity index (χ1n) is 14.9. The molecule has 44 heavy (non-hydrogen) atoms. The van der Waals surface area contributed by atoms with Crippen LogP contribution in [-0.2, 0) is 32.7 Å². The van der Waals surface area contributed by atoms with Crippen LogP contribution in [0.15, 0.2) is 56.9 Å². The predicted molar refractivity (Wildman–Crippen MR) is 163 cm³/mol. The largest absolute Gasteiger partial charge is 0.377 e. The van der Waals surface area contributed by atoms with Crippen molar-refractivity contribution in [2.24, 2.45) is 4.99 Å². The summed E-state index contributed by atoms with van der Waals surface area (Å²) in [6, 6.07) is 12.2. The maximum Gasteiger partial charge on any atom is 0.263 e. The molecule has 12 heteroatoms. The number of nitrogens with one attached hydrogen (secondary N) is 1. The van der Waals surface area contributed by atoms with Crippen LogP contribution in [0.25, 0.3) is 11.1 Å². The Morgan fingerprint density at radius 2 is 1.84 bits per heavy atom. The number of rotatable bonds is 12. The van der Waals surface area contributed by atoms with E-state index < -0.39 is 27.9 Å². The number of carbonyl (C=O) groups is 1. The number of hydrogen-bond acceptors (Lipinski definition) is 7. The van der Waals surface area contributed by atoms with Crippen molar-refractivity contribution in [1.82, 2.24) is 10.1 Å². The number of aromatic nitrogens is 1. The third-order valence-electron chi connectivity index (χ3n) is 8.34. The van der Waals surface area contributed by atoms with E-state index in [-0.39, 0.29) is 36.2 Å². The third kappa shape index (κ3) is 6.56. The van der Waals surface area contributed by atoms with E-state index in [9.17, 15) is 22.0 Å². The Balaban J connectivity index is 1.48. The molecular formula is C32H38F2N4O5S. The summed E-state index contributed by atoms with van der Waals surface area (Å²) in [5, 5.41) is 3.84. The van der Waals surface area contributed by atoms with E-state index in [0.29, 0.717) is 47.7 Å². The van der Waals surface area contributed by atoms with Crippen LogP contribution in [0.5, 0.6) is 0 Å². The van der Waals surface area contributed by atoms with Crippen LogP contribution in [0, 0.1) is 13.8 Å². The van der Waals surface area contributed by atoms with Crippen LogP contribution >= 0.6 is 0 Å². The van der Waals surface area contributed by atoms with E-state index in [1.54, 1.807) is 36.9 Å². The summed E-state index contributed by atoms with van der Waals surface area (Å²) in [5.41, 5.74) is 2.34. The van der Waals surface area contributed by atoms with Crippen LogP contribution in [0.2, 0.25) is 0 Å². The number of amidine groups is 1. The Labute approximate surface area is 256 Å². The van der Waals surface area contributed by atoms with Crippen LogP contribution in [0.1, 0.15) is 74.8 Å². The van der Waals surface area contributed by atoms with Crippen molar-refractivity contribution >= 4 is 27.6 Å². The number of sulfonamides is 1. The Kier molecular flexibility index (Phi) is 8.95. The van der Waals surface area contributed by atoms with Crippen LogP contribution in [0.4, 0.5) is 14.6 Å². The number of benzene rings is 2. The molecule has 0 radical (unpaired) electrons. The minimum Gasteiger partial charge on any atom is -0.377 e. The lowest BCUT2D eigenvalue weighted by Crippen LogP contribution is -2.40. The van der Waals surface area contributed by atoms with Gasteiger partial charge in [-0.25, -0.2) is 17.2 Å². The average Bonchev–Trinajstić information content (AvgIpc) is 3.66. The normalized spacial score (nSPS) is 16.6. The number of aryl methyl sites for hydroxylation is 1. The number of ether oxygens (including phenoxy) is 1. The van der Waals surface area contributed by atoms with Crippen molar-refractivity contribution in [3.8, 4) is 11.1 Å². The predicted octanol–water partition coefficient (Wildman–Crippen LogP) is 6.78. The quantitative estimate of drug-likeness (QED) is 0.236. The highest BCUT2D eigenvalue weighted by Gasteiger charge is 2.49. The first-order valence-corrected chi connectivity index (χ1v) is 16.3. The van der Waals surface area contributed by atoms with Crippen molar-refractivity contribution in [3.05, 3.63) is 64.9 Å². The van der Waals surface area contributed by atoms with Crippen molar-refractivity contribution in [1.29, 1.82) is 0 Å². The Morgan fingerprint density at radius 1 is 1.11 bits per heavy atom. The maximum atomic E-state index is 13.8. The SMILES string of the molecule is CCOCc1cc(CN2C(=O)C3(CCCC3)N=C2CCC(C)(F)F)ccc1-c1ccccc1S(=O)(=O)Nc1noc(C)c1C. The second-order valence-corrected chi connectivity index (χ2v) is 13.3. The molecule has 1 amide bonds. The summed E-state index contributed by atoms with van der Waals surface area (Å²) in [6.07, 6.45) is 2.60. The van der Waals surface area contributed by atoms with E-state index in [1.807, 2.05) is 25.1 Å². The topological polar surface area (TPSA) is 114 Å². The summed E-state index contributed by atoms with van der Waals surface area (Å²) in [6.45, 7) is 6.96. The fraction of sp³-hybridized carbons (Fsp3) is 0.469. The molecule has 0 unspecified atom stereocenters. The summed E-state index contributed by atoms with van der Waals surface area (Å²) >= 11 is 0. The summed E-state index contributed by atoms with van der Waals surface area (Å²) in [4.78, 5) is 20.0. The molecule has 2 aliphatic rings. The van der Waals surface area contributed by atoms with Crippen molar-refractivity contribution in [3.63, 3.8) is 0 Å². The van der Waals surface area contributed by atoms with Gasteiger partial charge in [0.1, 0.15) is 17.1 Å². The van der Waals surface area contributed by atoms with Gasteiger partial charge in [0.25, 0.3) is 15.9 Å². The van der Waals surface area contributed by atoms with Gasteiger partial charge in [0.2, 0.25) is 5.92 Å². The van der Waals surface area contributed by atoms with Gasteiger partial charge in [0.15, 0.2) is 5.82 Å². The van der Waals surface area contributed by atoms with Crippen molar-refractivity contribution in [2.75, 3.05) is 11.3 Å². The third-order valence-corrected chi connectivity index (χ3v) is 9.74. The lowest BCUT2D eigenvalue weighted by molar-refractivity contribution is -0.131. The molecule has 0 saturated heterocycles. The number of halogens is 2. The molecule has 1 spiro atoms. The fourth-order valence-corrected chi connectivity index (χ4v) is 7.12. The van der Waals surface area contributed by atoms with Crippen LogP contribution < -0.4 is 4.72 Å². The van der Waals surface area contributed by atoms with E-state index >= 15 is 0 Å². The molecule has 2 aromatic carbocycles. The van der Waals surface area contributed by atoms with Gasteiger partial charge in [-0.3, -0.25) is 19.4 Å². The molecule has 1 aliphatic carbocycles. The lowest BCUT2D eigenvalue weighted by atomic mass is 9.96. The van der Waals surface area contributed by atoms with Crippen molar-refractivity contribution in [2.45, 2.75) is 95.7 Å². The second kappa shape index (κ2) is 12.4. The average molecular weight is 629 g/mol. The highest BCUT2D eigenvalue weighted by atomic mass is 32.2. The van der Waals surface area contributed by atoms with Gasteiger partial charge in [-0.05, 0) is 63.3 Å². The Hall–Kier alpha value is -3.64. The van der Waals surface area contributed by atoms with Gasteiger partial charge < -0.3 is 9.26 Å². The minimum atomic E-state index is -4.06. The molecule has 0 bridgehead atoms. The zero-order valence-corrected chi connectivity index (χ0v) is 26.3. The van der Waals surface area contributed by atoms with Gasteiger partial charge in [-0.1, -0.05) is 54.4 Å². The number of nitrogens with zero attached hydrogens (tertiary/aromatic N) is 3. The van der Waals surface area contributed by atoms with Crippen LogP contribution in [-0.4, -0.2) is 48.3 Å². The van der Waals surface area contributed by atoms with Crippen LogP contribution in [0.3, 0.4) is 0 Å². The maximum absolute atomic E-state index is 13.8. The Morgan fingerprint density at radius 3 is 2.50 bits per heavy atom. The molecular weight excluding hydrogens is 590 g/mol. The van der Waals surface area contributed by atoms with E-state index in [0.717, 1.165) is 30.9 Å². The van der Waals surface area contributed by atoms with Gasteiger partial charge in [0.05, 0.1) is 18.0 Å². The smallest absolute Gasteiger partial charge is 0.263 e. The number of amides is 1. The standard InChI is InChI=1S/C32H38F2N4O5S/c1-5-42-20-24-18-23(19-38-28(14-17-31(4,33)34)35-32(30(38)39)15-8-9-16-32)12-13-25(24)26-10-6-7-11-27(26)44(40,41)37-29-21(2)22(3)43-36-29/h6-7,10-13,18H,5,8-9,14-17,19-20H2,1-4H3,(H,36,37). The number of carbonyl (C=O) groups excluding carboxylic acids is 1.